The summed E-state index contributed by atoms with van der Waals surface area (Å²) in [6.45, 7) is 9.76. The van der Waals surface area contributed by atoms with Crippen molar-refractivity contribution in [1.82, 2.24) is 16.0 Å². The van der Waals surface area contributed by atoms with Crippen molar-refractivity contribution in [2.24, 2.45) is 5.92 Å². The first-order valence-corrected chi connectivity index (χ1v) is 9.33. The molecule has 0 saturated heterocycles. The van der Waals surface area contributed by atoms with Crippen molar-refractivity contribution in [2.75, 3.05) is 11.6 Å². The SMILES string of the molecule is CC(=O)NCSC[C@H](NC(=O)OC(C)(C)C)C(=O)N[C@H](C(=O)O)C(C)C. The number of amides is 3. The second kappa shape index (κ2) is 10.9. The van der Waals surface area contributed by atoms with Crippen molar-refractivity contribution in [3.05, 3.63) is 0 Å². The molecule has 10 heteroatoms. The lowest BCUT2D eigenvalue weighted by Gasteiger charge is -2.25. The lowest BCUT2D eigenvalue weighted by Crippen LogP contribution is -2.54. The minimum absolute atomic E-state index is 0.135. The Hall–Kier alpha value is -1.97. The standard InChI is InChI=1S/C16H29N3O6S/c1-9(2)12(14(22)23)19-13(21)11(7-26-8-17-10(3)20)18-15(24)25-16(4,5)6/h9,11-12H,7-8H2,1-6H3,(H,17,20)(H,18,24)(H,19,21)(H,22,23)/t11-,12-/m0/s1. The molecule has 150 valence electrons. The van der Waals surface area contributed by atoms with Gasteiger partial charge in [0.15, 0.2) is 0 Å². The van der Waals surface area contributed by atoms with Crippen LogP contribution in [0.25, 0.3) is 0 Å². The smallest absolute Gasteiger partial charge is 0.408 e. The second-order valence-corrected chi connectivity index (χ2v) is 8.05. The molecule has 0 radical (unpaired) electrons. The van der Waals surface area contributed by atoms with Gasteiger partial charge in [0, 0.05) is 12.7 Å². The van der Waals surface area contributed by atoms with E-state index in [0.717, 1.165) is 0 Å². The normalized spacial score (nSPS) is 13.5. The summed E-state index contributed by atoms with van der Waals surface area (Å²) in [5.41, 5.74) is -0.740. The fourth-order valence-corrected chi connectivity index (χ4v) is 2.62. The predicted octanol–water partition coefficient (Wildman–Crippen LogP) is 0.932. The molecule has 2 atom stereocenters. The van der Waals surface area contributed by atoms with E-state index in [1.165, 1.54) is 18.7 Å². The van der Waals surface area contributed by atoms with Gasteiger partial charge in [0.05, 0.1) is 5.88 Å². The zero-order valence-corrected chi connectivity index (χ0v) is 16.9. The number of hydrogen-bond donors (Lipinski definition) is 4. The quantitative estimate of drug-likeness (QED) is 0.339. The fraction of sp³-hybridized carbons (Fsp3) is 0.750. The number of nitrogens with one attached hydrogen (secondary N) is 3. The number of ether oxygens (including phenoxy) is 1. The van der Waals surface area contributed by atoms with E-state index < -0.39 is 35.7 Å². The molecule has 0 rings (SSSR count). The van der Waals surface area contributed by atoms with E-state index in [-0.39, 0.29) is 23.5 Å². The molecule has 0 aromatic heterocycles. The molecule has 0 aliphatic rings. The highest BCUT2D eigenvalue weighted by molar-refractivity contribution is 7.99. The average Bonchev–Trinajstić information content (AvgIpc) is 2.44. The van der Waals surface area contributed by atoms with Gasteiger partial charge in [0.25, 0.3) is 0 Å². The Morgan fingerprint density at radius 2 is 1.69 bits per heavy atom. The third-order valence-electron chi connectivity index (χ3n) is 2.95. The van der Waals surface area contributed by atoms with Crippen LogP contribution in [0.1, 0.15) is 41.5 Å². The first-order chi connectivity index (χ1) is 11.8. The molecule has 0 spiro atoms. The first kappa shape index (κ1) is 24.0. The molecule has 0 saturated carbocycles. The predicted molar refractivity (Wildman–Crippen MR) is 98.7 cm³/mol. The minimum Gasteiger partial charge on any atom is -0.480 e. The number of carboxylic acid groups (broad SMARTS) is 1. The number of aliphatic carboxylic acids is 1. The lowest BCUT2D eigenvalue weighted by atomic mass is 10.0. The maximum absolute atomic E-state index is 12.4. The Morgan fingerprint density at radius 3 is 2.12 bits per heavy atom. The molecule has 0 aliphatic carbocycles. The van der Waals surface area contributed by atoms with Crippen molar-refractivity contribution in [2.45, 2.75) is 59.2 Å². The minimum atomic E-state index is -1.16. The summed E-state index contributed by atoms with van der Waals surface area (Å²) >= 11 is 1.21. The molecule has 9 nitrogen and oxygen atoms in total. The van der Waals surface area contributed by atoms with Gasteiger partial charge in [0.2, 0.25) is 11.8 Å². The highest BCUT2D eigenvalue weighted by Crippen LogP contribution is 2.09. The van der Waals surface area contributed by atoms with Crippen molar-refractivity contribution in [3.63, 3.8) is 0 Å². The van der Waals surface area contributed by atoms with Gasteiger partial charge in [-0.25, -0.2) is 9.59 Å². The number of carboxylic acids is 1. The Balaban J connectivity index is 4.98. The largest absolute Gasteiger partial charge is 0.480 e. The Kier molecular flexibility index (Phi) is 10.1. The van der Waals surface area contributed by atoms with Crippen LogP contribution in [0.4, 0.5) is 4.79 Å². The molecular weight excluding hydrogens is 362 g/mol. The van der Waals surface area contributed by atoms with Gasteiger partial charge < -0.3 is 25.8 Å². The van der Waals surface area contributed by atoms with Gasteiger partial charge in [-0.05, 0) is 26.7 Å². The van der Waals surface area contributed by atoms with Crippen LogP contribution in [0.5, 0.6) is 0 Å². The van der Waals surface area contributed by atoms with E-state index in [9.17, 15) is 24.3 Å². The van der Waals surface area contributed by atoms with Crippen LogP contribution in [0.15, 0.2) is 0 Å². The van der Waals surface area contributed by atoms with Crippen molar-refractivity contribution in [1.29, 1.82) is 0 Å². The van der Waals surface area contributed by atoms with Gasteiger partial charge in [-0.1, -0.05) is 13.8 Å². The number of thioether (sulfide) groups is 1. The number of rotatable bonds is 9. The summed E-state index contributed by atoms with van der Waals surface area (Å²) in [7, 11) is 0. The number of hydrogen-bond acceptors (Lipinski definition) is 6. The van der Waals surface area contributed by atoms with Crippen LogP contribution in [0, 0.1) is 5.92 Å². The molecule has 0 aliphatic heterocycles. The van der Waals surface area contributed by atoms with Crippen molar-refractivity contribution < 1.29 is 29.0 Å². The summed E-state index contributed by atoms with van der Waals surface area (Å²) in [6, 6.07) is -2.09. The van der Waals surface area contributed by atoms with E-state index in [2.05, 4.69) is 16.0 Å². The summed E-state index contributed by atoms with van der Waals surface area (Å²) in [5.74, 6) is -1.95. The lowest BCUT2D eigenvalue weighted by molar-refractivity contribution is -0.143. The van der Waals surface area contributed by atoms with E-state index in [1.54, 1.807) is 34.6 Å². The molecule has 0 fully saturated rings. The highest BCUT2D eigenvalue weighted by Gasteiger charge is 2.29. The third-order valence-corrected chi connectivity index (χ3v) is 3.86. The van der Waals surface area contributed by atoms with E-state index in [1.807, 2.05) is 0 Å². The molecule has 3 amide bonds. The van der Waals surface area contributed by atoms with Crippen molar-refractivity contribution in [3.8, 4) is 0 Å². The first-order valence-electron chi connectivity index (χ1n) is 8.18. The molecular formula is C16H29N3O6S. The summed E-state index contributed by atoms with van der Waals surface area (Å²) in [5, 5.41) is 16.6. The zero-order chi connectivity index (χ0) is 20.5. The monoisotopic (exact) mass is 391 g/mol. The second-order valence-electron chi connectivity index (χ2n) is 7.02. The van der Waals surface area contributed by atoms with Crippen LogP contribution in [0.2, 0.25) is 0 Å². The molecule has 26 heavy (non-hydrogen) atoms. The fourth-order valence-electron chi connectivity index (χ4n) is 1.73. The van der Waals surface area contributed by atoms with Gasteiger partial charge in [-0.2, -0.15) is 0 Å². The van der Waals surface area contributed by atoms with Crippen LogP contribution in [-0.4, -0.2) is 58.3 Å². The topological polar surface area (TPSA) is 134 Å². The van der Waals surface area contributed by atoms with Gasteiger partial charge in [-0.15, -0.1) is 11.8 Å². The third kappa shape index (κ3) is 10.8. The van der Waals surface area contributed by atoms with Crippen LogP contribution in [-0.2, 0) is 19.1 Å². The number of alkyl carbamates (subject to hydrolysis) is 1. The van der Waals surface area contributed by atoms with E-state index in [4.69, 9.17) is 4.74 Å². The van der Waals surface area contributed by atoms with E-state index in [0.29, 0.717) is 0 Å². The Bertz CT molecular complexity index is 519. The maximum atomic E-state index is 12.4. The molecule has 0 heterocycles. The van der Waals surface area contributed by atoms with Crippen LogP contribution >= 0.6 is 11.8 Å². The number of carbonyl (C=O) groups is 4. The molecule has 4 N–H and O–H groups in total. The van der Waals surface area contributed by atoms with E-state index >= 15 is 0 Å². The molecule has 0 aromatic carbocycles. The van der Waals surface area contributed by atoms with Crippen LogP contribution < -0.4 is 16.0 Å². The molecule has 0 unspecified atom stereocenters. The maximum Gasteiger partial charge on any atom is 0.408 e. The summed E-state index contributed by atoms with van der Waals surface area (Å²) in [6.07, 6.45) is -0.783. The highest BCUT2D eigenvalue weighted by atomic mass is 32.2. The Morgan fingerprint density at radius 1 is 1.12 bits per heavy atom. The van der Waals surface area contributed by atoms with Gasteiger partial charge in [0.1, 0.15) is 17.7 Å². The number of carbonyl (C=O) groups excluding carboxylic acids is 3. The molecule has 0 aromatic rings. The summed E-state index contributed by atoms with van der Waals surface area (Å²) < 4.78 is 5.14. The van der Waals surface area contributed by atoms with Crippen molar-refractivity contribution >= 4 is 35.6 Å². The van der Waals surface area contributed by atoms with Crippen LogP contribution in [0.3, 0.4) is 0 Å². The molecule has 0 bridgehead atoms. The zero-order valence-electron chi connectivity index (χ0n) is 16.0. The average molecular weight is 391 g/mol. The Labute approximate surface area is 158 Å². The van der Waals surface area contributed by atoms with Gasteiger partial charge >= 0.3 is 12.1 Å². The summed E-state index contributed by atoms with van der Waals surface area (Å²) in [4.78, 5) is 46.6. The van der Waals surface area contributed by atoms with Gasteiger partial charge in [-0.3, -0.25) is 9.59 Å².